The van der Waals surface area contributed by atoms with Gasteiger partial charge in [-0.25, -0.2) is 4.79 Å². The highest BCUT2D eigenvalue weighted by Gasteiger charge is 2.57. The van der Waals surface area contributed by atoms with E-state index in [0.717, 1.165) is 96.5 Å². The van der Waals surface area contributed by atoms with E-state index in [-0.39, 0.29) is 91.0 Å². The van der Waals surface area contributed by atoms with Crippen molar-refractivity contribution in [3.63, 3.8) is 0 Å². The van der Waals surface area contributed by atoms with Crippen molar-refractivity contribution in [1.29, 1.82) is 0 Å². The van der Waals surface area contributed by atoms with Crippen LogP contribution in [0.4, 0.5) is 85.3 Å². The number of fused-ring (bicyclic) bond motifs is 10. The lowest BCUT2D eigenvalue weighted by Crippen LogP contribution is -2.70. The molecule has 0 aromatic heterocycles. The van der Waals surface area contributed by atoms with Gasteiger partial charge in [0.25, 0.3) is 20.1 Å². The molecule has 0 fully saturated rings. The number of esters is 1. The molecule has 0 saturated heterocycles. The lowest BCUT2D eigenvalue weighted by atomic mass is 9.27. The van der Waals surface area contributed by atoms with Crippen molar-refractivity contribution in [3.05, 3.63) is 272 Å². The van der Waals surface area contributed by atoms with Gasteiger partial charge >= 0.3 is 5.97 Å². The Labute approximate surface area is 798 Å². The predicted molar refractivity (Wildman–Crippen MR) is 574 cm³/mol. The maximum Gasteiger partial charge on any atom is 0.338 e. The van der Waals surface area contributed by atoms with Crippen molar-refractivity contribution < 1.29 is 14.3 Å². The lowest BCUT2D eigenvalue weighted by molar-refractivity contribution is 0.0472. The van der Waals surface area contributed by atoms with Crippen LogP contribution in [-0.4, -0.2) is 26.1 Å². The fourth-order valence-electron chi connectivity index (χ4n) is 21.6. The molecule has 19 rings (SSSR count). The first-order valence-corrected chi connectivity index (χ1v) is 49.2. The first kappa shape index (κ1) is 91.2. The summed E-state index contributed by atoms with van der Waals surface area (Å²) in [7, 11) is 0. The van der Waals surface area contributed by atoms with Crippen LogP contribution >= 0.6 is 0 Å². The molecule has 0 saturated carbocycles. The van der Waals surface area contributed by atoms with E-state index in [1.54, 1.807) is 0 Å². The number of carbonyl (C=O) groups is 1. The van der Waals surface area contributed by atoms with Crippen molar-refractivity contribution >= 4 is 161 Å². The molecule has 12 aromatic rings. The number of ether oxygens (including phenoxy) is 2. The Bertz CT molecular complexity index is 6790. The van der Waals surface area contributed by atoms with Gasteiger partial charge in [-0.3, -0.25) is 0 Å². The molecule has 0 spiro atoms. The zero-order valence-electron chi connectivity index (χ0n) is 86.9. The van der Waals surface area contributed by atoms with E-state index in [1.165, 1.54) is 122 Å². The van der Waals surface area contributed by atoms with Crippen LogP contribution in [0.5, 0.6) is 11.5 Å². The van der Waals surface area contributed by atoms with Crippen molar-refractivity contribution in [2.45, 2.75) is 321 Å². The van der Waals surface area contributed by atoms with E-state index in [1.807, 2.05) is 30.3 Å². The van der Waals surface area contributed by atoms with Gasteiger partial charge in [0.2, 0.25) is 0 Å². The third-order valence-electron chi connectivity index (χ3n) is 30.0. The molecule has 0 bridgehead atoms. The van der Waals surface area contributed by atoms with Gasteiger partial charge in [0.1, 0.15) is 6.61 Å². The molecule has 0 aliphatic carbocycles. The molecule has 0 amide bonds. The number of benzene rings is 12. The van der Waals surface area contributed by atoms with E-state index in [2.05, 4.69) is 438 Å². The number of hydrogen-bond acceptors (Lipinski definition) is 8. The molecule has 0 atom stereocenters. The number of rotatable bonds is 7. The Hall–Kier alpha value is -10.9. The largest absolute Gasteiger partial charge is 0.457 e. The first-order chi connectivity index (χ1) is 61.4. The van der Waals surface area contributed by atoms with Gasteiger partial charge in [0.15, 0.2) is 11.5 Å². The zero-order chi connectivity index (χ0) is 96.0. The van der Waals surface area contributed by atoms with Crippen LogP contribution in [0.25, 0.3) is 0 Å². The second kappa shape index (κ2) is 29.6. The Morgan fingerprint density at radius 3 is 0.812 bits per heavy atom. The highest BCUT2D eigenvalue weighted by molar-refractivity contribution is 7.06. The smallest absolute Gasteiger partial charge is 0.338 e. The van der Waals surface area contributed by atoms with Crippen molar-refractivity contribution in [3.8, 4) is 11.5 Å². The summed E-state index contributed by atoms with van der Waals surface area (Å²) in [4.78, 5) is 29.7. The Morgan fingerprint density at radius 2 is 0.504 bits per heavy atom. The highest BCUT2D eigenvalue weighted by atomic mass is 16.5. The van der Waals surface area contributed by atoms with Crippen molar-refractivity contribution in [1.82, 2.24) is 0 Å². The molecule has 8 nitrogen and oxygen atoms in total. The number of nitrogens with zero attached hydrogens (tertiary/aromatic N) is 5. The third kappa shape index (κ3) is 15.2. The van der Waals surface area contributed by atoms with Gasteiger partial charge in [-0.1, -0.05) is 346 Å². The molecule has 7 heterocycles. The maximum absolute atomic E-state index is 16.3. The van der Waals surface area contributed by atoms with Crippen LogP contribution < -0.4 is 78.4 Å². The maximum atomic E-state index is 16.3. The number of hydrogen-bond donors (Lipinski definition) is 0. The summed E-state index contributed by atoms with van der Waals surface area (Å²) in [5.74, 6) is 1.37. The molecule has 7 aliphatic heterocycles. The van der Waals surface area contributed by atoms with Crippen LogP contribution in [0.1, 0.15) is 332 Å². The minimum absolute atomic E-state index is 0.110. The summed E-state index contributed by atoms with van der Waals surface area (Å²) in [5.41, 5.74) is 40.8. The summed E-state index contributed by atoms with van der Waals surface area (Å²) >= 11 is 0. The molecular formula is C122H142B3N5O3. The summed E-state index contributed by atoms with van der Waals surface area (Å²) in [6.07, 6.45) is 0. The average molecular weight is 1760 g/mol. The summed E-state index contributed by atoms with van der Waals surface area (Å²) in [6.45, 7) is 84.5. The minimum atomic E-state index is -0.406. The molecule has 11 heteroatoms. The van der Waals surface area contributed by atoms with Crippen LogP contribution in [0, 0.1) is 0 Å². The van der Waals surface area contributed by atoms with Crippen molar-refractivity contribution in [2.75, 3.05) is 24.5 Å². The van der Waals surface area contributed by atoms with E-state index in [9.17, 15) is 0 Å². The Kier molecular flexibility index (Phi) is 20.3. The molecule has 12 aromatic carbocycles. The molecule has 133 heavy (non-hydrogen) atoms. The fraction of sp³-hybridized carbons (Fsp3) is 0.402. The predicted octanol–water partition coefficient (Wildman–Crippen LogP) is 27.5. The van der Waals surface area contributed by atoms with Gasteiger partial charge in [-0.15, -0.1) is 0 Å². The first-order valence-electron chi connectivity index (χ1n) is 49.2. The van der Waals surface area contributed by atoms with Gasteiger partial charge in [0.05, 0.1) is 16.9 Å². The average Bonchev–Trinajstić information content (AvgIpc) is 0.649. The van der Waals surface area contributed by atoms with Gasteiger partial charge in [-0.2, -0.15) is 0 Å². The van der Waals surface area contributed by atoms with Gasteiger partial charge in [-0.05, 0) is 284 Å². The normalized spacial score (nSPS) is 15.1. The standard InChI is InChI=1S/C122H142B3N5O3/c1-111(2,3)72-42-44-94-88(60-72)123-90-66-91-97(67-96(90)128(86-56-78(117(19,20)21)50-79(57-86)118(22,23)24)99-47-71(110(131)132-69-70-40-38-37-39-41-70)46-98(104(99)123)126(94)84-52-74(113(7,8)9)48-75(53-84)114(10,11)12)129(87-58-80(119(25,26)27)51-81(59-87)120(28,29)30)101-68-100-105-109-106(101)125(91)93-63-83(122(34,35)36)65-103-108(93)130(109)107-92(62-82(121(31,32)33)64-102(107)133-103)124(105)89-61-73(112(4,5)6)43-45-95(89)127(100)85-54-76(115(13,14)15)49-77(55-85)116(16,17)18/h37-68H,69H2,1-36H3. The lowest BCUT2D eigenvalue weighted by Gasteiger charge is -2.53. The molecular weight excluding hydrogens is 1620 g/mol. The van der Waals surface area contributed by atoms with Crippen LogP contribution in [0.3, 0.4) is 0 Å². The Morgan fingerprint density at radius 1 is 0.241 bits per heavy atom. The zero-order valence-corrected chi connectivity index (χ0v) is 86.9. The van der Waals surface area contributed by atoms with Crippen LogP contribution in [0.15, 0.2) is 194 Å². The summed E-state index contributed by atoms with van der Waals surface area (Å²) < 4.78 is 14.8. The monoisotopic (exact) mass is 1760 g/mol. The number of anilines is 15. The summed E-state index contributed by atoms with van der Waals surface area (Å²) in [5, 5.41) is 0. The highest BCUT2D eigenvalue weighted by Crippen LogP contribution is 2.60. The van der Waals surface area contributed by atoms with E-state index in [0.29, 0.717) is 5.56 Å². The second-order valence-electron chi connectivity index (χ2n) is 52.6. The quantitative estimate of drug-likeness (QED) is 0.116. The van der Waals surface area contributed by atoms with E-state index in [4.69, 9.17) is 9.47 Å². The molecule has 7 aliphatic rings. The molecule has 0 unspecified atom stereocenters. The molecule has 682 valence electrons. The van der Waals surface area contributed by atoms with Crippen molar-refractivity contribution in [2.24, 2.45) is 0 Å². The summed E-state index contributed by atoms with van der Waals surface area (Å²) in [6, 6.07) is 77.6. The van der Waals surface area contributed by atoms with E-state index >= 15 is 4.79 Å². The van der Waals surface area contributed by atoms with Crippen LogP contribution in [0.2, 0.25) is 0 Å². The molecule has 0 N–H and O–H groups in total. The van der Waals surface area contributed by atoms with Gasteiger partial charge < -0.3 is 34.0 Å². The SMILES string of the molecule is CC(C)(C)c1cc(N2c3ccc(C(C)(C)C)cc3B3c4cc5c(cc4N(c4cc(C(C)(C)C)cc(C(C)(C)C)c4)c4cc(C(=O)OCc6ccccc6)cc2c43)N(c2cc(C(C)(C)C)cc(C(C)(C)C)c2)c2cc3c4c6c2B5c2cc(C(C)(C)C)cc5c2N6c2c(cc(C(C)(C)C)cc2B4c2cc(C(C)(C)C)ccc2N3c2cc(C(C)(C)C)cc(C(C)(C)C)c2)O5)cc(C(C)(C)C)c1. The minimum Gasteiger partial charge on any atom is -0.457 e. The van der Waals surface area contributed by atoms with Gasteiger partial charge in [0, 0.05) is 73.9 Å². The third-order valence-corrected chi connectivity index (χ3v) is 30.0. The van der Waals surface area contributed by atoms with E-state index < -0.39 is 6.71 Å². The fourth-order valence-corrected chi connectivity index (χ4v) is 21.6. The topological polar surface area (TPSA) is 51.7 Å². The molecule has 0 radical (unpaired) electrons. The Balaban J connectivity index is 1.04. The number of carbonyl (C=O) groups excluding carboxylic acids is 1. The second-order valence-corrected chi connectivity index (χ2v) is 52.6. The van der Waals surface area contributed by atoms with Crippen LogP contribution in [-0.2, 0) is 76.3 Å².